The van der Waals surface area contributed by atoms with Crippen molar-refractivity contribution in [3.63, 3.8) is 0 Å². The molecule has 0 saturated carbocycles. The van der Waals surface area contributed by atoms with E-state index in [0.717, 1.165) is 24.1 Å². The summed E-state index contributed by atoms with van der Waals surface area (Å²) in [4.78, 5) is 21.2. The van der Waals surface area contributed by atoms with Crippen molar-refractivity contribution in [3.8, 4) is 0 Å². The van der Waals surface area contributed by atoms with Gasteiger partial charge in [0.05, 0.1) is 11.0 Å². The molecule has 0 radical (unpaired) electrons. The second-order valence-corrected chi connectivity index (χ2v) is 4.48. The molecule has 1 aromatic heterocycles. The van der Waals surface area contributed by atoms with Gasteiger partial charge in [0.15, 0.2) is 0 Å². The van der Waals surface area contributed by atoms with Crippen molar-refractivity contribution in [2.45, 2.75) is 12.6 Å². The summed E-state index contributed by atoms with van der Waals surface area (Å²) in [6, 6.07) is 7.80. The maximum Gasteiger partial charge on any atom is 0.271 e. The number of aromatic nitrogens is 2. The Morgan fingerprint density at radius 2 is 2.18 bits per heavy atom. The molecule has 88 valence electrons. The molecule has 2 aromatic rings. The third-order valence-corrected chi connectivity index (χ3v) is 3.03. The lowest BCUT2D eigenvalue weighted by atomic mass is 10.1. The molecule has 17 heavy (non-hydrogen) atoms. The van der Waals surface area contributed by atoms with Crippen LogP contribution in [-0.4, -0.2) is 34.0 Å². The van der Waals surface area contributed by atoms with Crippen LogP contribution >= 0.6 is 0 Å². The summed E-state index contributed by atoms with van der Waals surface area (Å²) >= 11 is 0. The van der Waals surface area contributed by atoms with Gasteiger partial charge in [-0.2, -0.15) is 0 Å². The fourth-order valence-corrected chi connectivity index (χ4v) is 2.13. The molecule has 5 nitrogen and oxygen atoms in total. The summed E-state index contributed by atoms with van der Waals surface area (Å²) in [7, 11) is 0. The second-order valence-electron chi connectivity index (χ2n) is 4.48. The SMILES string of the molecule is NC1CN(Cc2nc3ccccc3[nH]c2=O)C1. The Balaban J connectivity index is 1.93. The zero-order valence-electron chi connectivity index (χ0n) is 9.39. The van der Waals surface area contributed by atoms with E-state index in [2.05, 4.69) is 14.9 Å². The topological polar surface area (TPSA) is 75.0 Å². The molecule has 3 rings (SSSR count). The van der Waals surface area contributed by atoms with Crippen molar-refractivity contribution in [1.82, 2.24) is 14.9 Å². The molecule has 1 fully saturated rings. The lowest BCUT2D eigenvalue weighted by molar-refractivity contribution is 0.140. The second kappa shape index (κ2) is 3.94. The van der Waals surface area contributed by atoms with E-state index in [4.69, 9.17) is 5.73 Å². The van der Waals surface area contributed by atoms with Crippen LogP contribution in [-0.2, 0) is 6.54 Å². The number of H-pyrrole nitrogens is 1. The van der Waals surface area contributed by atoms with Crippen LogP contribution in [0.25, 0.3) is 11.0 Å². The molecule has 0 spiro atoms. The summed E-state index contributed by atoms with van der Waals surface area (Å²) in [5.74, 6) is 0. The highest BCUT2D eigenvalue weighted by Gasteiger charge is 2.24. The Hall–Kier alpha value is -1.72. The third-order valence-electron chi connectivity index (χ3n) is 3.03. The summed E-state index contributed by atoms with van der Waals surface area (Å²) in [5.41, 5.74) is 7.77. The van der Waals surface area contributed by atoms with Crippen molar-refractivity contribution < 1.29 is 0 Å². The van der Waals surface area contributed by atoms with Gasteiger partial charge < -0.3 is 10.7 Å². The molecule has 0 bridgehead atoms. The first-order valence-electron chi connectivity index (χ1n) is 5.68. The average molecular weight is 230 g/mol. The van der Waals surface area contributed by atoms with E-state index in [9.17, 15) is 4.79 Å². The predicted octanol–water partition coefficient (Wildman–Crippen LogP) is 0.0660. The van der Waals surface area contributed by atoms with Crippen molar-refractivity contribution >= 4 is 11.0 Å². The van der Waals surface area contributed by atoms with Crippen molar-refractivity contribution in [3.05, 3.63) is 40.3 Å². The lowest BCUT2D eigenvalue weighted by Crippen LogP contribution is -2.55. The zero-order valence-corrected chi connectivity index (χ0v) is 9.39. The molecule has 5 heteroatoms. The number of nitrogens with two attached hydrogens (primary N) is 1. The Morgan fingerprint density at radius 1 is 1.41 bits per heavy atom. The molecule has 1 aliphatic rings. The number of likely N-dealkylation sites (tertiary alicyclic amines) is 1. The highest BCUT2D eigenvalue weighted by molar-refractivity contribution is 5.73. The third kappa shape index (κ3) is 1.94. The van der Waals surface area contributed by atoms with E-state index in [1.807, 2.05) is 24.3 Å². The van der Waals surface area contributed by atoms with Gasteiger partial charge in [-0.1, -0.05) is 12.1 Å². The zero-order chi connectivity index (χ0) is 11.8. The number of nitrogens with one attached hydrogen (secondary N) is 1. The number of hydrogen-bond acceptors (Lipinski definition) is 4. The van der Waals surface area contributed by atoms with Gasteiger partial charge in [0, 0.05) is 25.7 Å². The van der Waals surface area contributed by atoms with Crippen LogP contribution in [0, 0.1) is 0 Å². The largest absolute Gasteiger partial charge is 0.325 e. The Morgan fingerprint density at radius 3 is 2.94 bits per heavy atom. The maximum atomic E-state index is 11.8. The molecule has 1 aromatic carbocycles. The minimum absolute atomic E-state index is 0.107. The normalized spacial score (nSPS) is 17.2. The molecule has 2 heterocycles. The van der Waals surface area contributed by atoms with Gasteiger partial charge in [-0.25, -0.2) is 4.98 Å². The first-order valence-corrected chi connectivity index (χ1v) is 5.68. The number of nitrogens with zero attached hydrogens (tertiary/aromatic N) is 2. The molecule has 0 aliphatic carbocycles. The summed E-state index contributed by atoms with van der Waals surface area (Å²) in [5, 5.41) is 0. The number of aromatic amines is 1. The van der Waals surface area contributed by atoms with Crippen LogP contribution < -0.4 is 11.3 Å². The number of rotatable bonds is 2. The maximum absolute atomic E-state index is 11.8. The van der Waals surface area contributed by atoms with Gasteiger partial charge in [0.2, 0.25) is 0 Å². The fourth-order valence-electron chi connectivity index (χ4n) is 2.13. The monoisotopic (exact) mass is 230 g/mol. The van der Waals surface area contributed by atoms with Gasteiger partial charge in [-0.3, -0.25) is 9.69 Å². The lowest BCUT2D eigenvalue weighted by Gasteiger charge is -2.36. The first kappa shape index (κ1) is 10.4. The highest BCUT2D eigenvalue weighted by Crippen LogP contribution is 2.10. The summed E-state index contributed by atoms with van der Waals surface area (Å²) in [6.07, 6.45) is 0. The first-order chi connectivity index (χ1) is 8.22. The van der Waals surface area contributed by atoms with Crippen LogP contribution in [0.1, 0.15) is 5.69 Å². The number of para-hydroxylation sites is 2. The van der Waals surface area contributed by atoms with Gasteiger partial charge in [0.25, 0.3) is 5.56 Å². The van der Waals surface area contributed by atoms with Crippen LogP contribution in [0.3, 0.4) is 0 Å². The van der Waals surface area contributed by atoms with E-state index >= 15 is 0 Å². The van der Waals surface area contributed by atoms with E-state index in [1.165, 1.54) is 0 Å². The predicted molar refractivity (Wildman–Crippen MR) is 65.6 cm³/mol. The van der Waals surface area contributed by atoms with Crippen LogP contribution in [0.15, 0.2) is 29.1 Å². The Kier molecular flexibility index (Phi) is 2.42. The highest BCUT2D eigenvalue weighted by atomic mass is 16.1. The van der Waals surface area contributed by atoms with Crippen molar-refractivity contribution in [1.29, 1.82) is 0 Å². The van der Waals surface area contributed by atoms with Crippen LogP contribution in [0.5, 0.6) is 0 Å². The quantitative estimate of drug-likeness (QED) is 0.765. The molecular weight excluding hydrogens is 216 g/mol. The number of benzene rings is 1. The number of fused-ring (bicyclic) bond motifs is 1. The smallest absolute Gasteiger partial charge is 0.271 e. The van der Waals surface area contributed by atoms with Crippen molar-refractivity contribution in [2.24, 2.45) is 5.73 Å². The van der Waals surface area contributed by atoms with Crippen molar-refractivity contribution in [2.75, 3.05) is 13.1 Å². The molecule has 1 saturated heterocycles. The number of hydrogen-bond donors (Lipinski definition) is 2. The minimum atomic E-state index is -0.107. The van der Waals surface area contributed by atoms with Crippen LogP contribution in [0.2, 0.25) is 0 Å². The minimum Gasteiger partial charge on any atom is -0.325 e. The average Bonchev–Trinajstić information content (AvgIpc) is 2.28. The Bertz CT molecular complexity index is 601. The molecule has 0 atom stereocenters. The van der Waals surface area contributed by atoms with Gasteiger partial charge in [0.1, 0.15) is 5.69 Å². The van der Waals surface area contributed by atoms with E-state index in [-0.39, 0.29) is 11.6 Å². The van der Waals surface area contributed by atoms with E-state index in [0.29, 0.717) is 12.2 Å². The molecule has 3 N–H and O–H groups in total. The summed E-state index contributed by atoms with van der Waals surface area (Å²) < 4.78 is 0. The molecule has 1 aliphatic heterocycles. The Labute approximate surface area is 98.3 Å². The van der Waals surface area contributed by atoms with Crippen LogP contribution in [0.4, 0.5) is 0 Å². The van der Waals surface area contributed by atoms with E-state index in [1.54, 1.807) is 0 Å². The van der Waals surface area contributed by atoms with E-state index < -0.39 is 0 Å². The standard InChI is InChI=1S/C12H14N4O/c13-8-5-16(6-8)7-11-12(17)15-10-4-2-1-3-9(10)14-11/h1-4,8H,5-7,13H2,(H,15,17). The fraction of sp³-hybridized carbons (Fsp3) is 0.333. The molecular formula is C12H14N4O. The van der Waals surface area contributed by atoms with Gasteiger partial charge in [-0.05, 0) is 12.1 Å². The molecule has 0 amide bonds. The molecule has 0 unspecified atom stereocenters. The van der Waals surface area contributed by atoms with Gasteiger partial charge >= 0.3 is 0 Å². The summed E-state index contributed by atoms with van der Waals surface area (Å²) in [6.45, 7) is 2.26. The van der Waals surface area contributed by atoms with Gasteiger partial charge in [-0.15, -0.1) is 0 Å².